The quantitative estimate of drug-likeness (QED) is 0.849. The van der Waals surface area contributed by atoms with Gasteiger partial charge in [0.25, 0.3) is 0 Å². The summed E-state index contributed by atoms with van der Waals surface area (Å²) in [6.45, 7) is 4.49. The van der Waals surface area contributed by atoms with Crippen LogP contribution >= 0.6 is 0 Å². The van der Waals surface area contributed by atoms with E-state index in [1.807, 2.05) is 13.8 Å². The molecule has 2 rings (SSSR count). The molecule has 0 amide bonds. The van der Waals surface area contributed by atoms with Crippen LogP contribution < -0.4 is 0 Å². The smallest absolute Gasteiger partial charge is 0.373 e. The Morgan fingerprint density at radius 3 is 2.81 bits per heavy atom. The summed E-state index contributed by atoms with van der Waals surface area (Å²) in [5.74, 6) is -0.503. The first-order chi connectivity index (χ1) is 7.63. The van der Waals surface area contributed by atoms with Crippen LogP contribution in [-0.4, -0.2) is 28.8 Å². The molecule has 0 spiro atoms. The molecule has 5 heteroatoms. The van der Waals surface area contributed by atoms with Crippen molar-refractivity contribution in [1.29, 1.82) is 0 Å². The zero-order valence-corrected chi connectivity index (χ0v) is 9.40. The highest BCUT2D eigenvalue weighted by atomic mass is 16.5. The average Bonchev–Trinajstić information content (AvgIpc) is 2.82. The molecule has 16 heavy (non-hydrogen) atoms. The van der Waals surface area contributed by atoms with Gasteiger partial charge in [0, 0.05) is 6.61 Å². The molecule has 2 atom stereocenters. The van der Waals surface area contributed by atoms with Crippen molar-refractivity contribution in [1.82, 2.24) is 4.98 Å². The molecule has 1 aliphatic heterocycles. The van der Waals surface area contributed by atoms with Gasteiger partial charge in [-0.1, -0.05) is 6.92 Å². The third-order valence-corrected chi connectivity index (χ3v) is 2.94. The van der Waals surface area contributed by atoms with Gasteiger partial charge in [-0.25, -0.2) is 9.78 Å². The lowest BCUT2D eigenvalue weighted by molar-refractivity contribution is 0.0655. The Balaban J connectivity index is 2.32. The molecule has 1 N–H and O–H groups in total. The van der Waals surface area contributed by atoms with E-state index in [9.17, 15) is 4.79 Å². The summed E-state index contributed by atoms with van der Waals surface area (Å²) in [6, 6.07) is 0. The third kappa shape index (κ3) is 1.82. The molecule has 88 valence electrons. The van der Waals surface area contributed by atoms with Crippen LogP contribution in [0.25, 0.3) is 0 Å². The molecule has 1 aromatic heterocycles. The number of carboxylic acids is 1. The van der Waals surface area contributed by atoms with Gasteiger partial charge >= 0.3 is 5.97 Å². The van der Waals surface area contributed by atoms with Crippen molar-refractivity contribution in [3.8, 4) is 0 Å². The summed E-state index contributed by atoms with van der Waals surface area (Å²) >= 11 is 0. The summed E-state index contributed by atoms with van der Waals surface area (Å²) in [4.78, 5) is 15.2. The molecular formula is C11H15NO4. The van der Waals surface area contributed by atoms with E-state index in [0.29, 0.717) is 24.6 Å². The molecule has 0 aliphatic carbocycles. The predicted molar refractivity (Wildman–Crippen MR) is 55.6 cm³/mol. The standard InChI is InChI=1S/C11H15NO4/c1-3-8-9(11(13)14)16-10(12-8)7-4-5-15-6(7)2/h6-7H,3-5H2,1-2H3,(H,13,14)/t6-,7+/m1/s1. The first-order valence-corrected chi connectivity index (χ1v) is 5.48. The zero-order valence-electron chi connectivity index (χ0n) is 9.40. The number of aromatic carboxylic acids is 1. The second kappa shape index (κ2) is 4.25. The Morgan fingerprint density at radius 1 is 1.62 bits per heavy atom. The van der Waals surface area contributed by atoms with Gasteiger partial charge < -0.3 is 14.3 Å². The van der Waals surface area contributed by atoms with Crippen molar-refractivity contribution >= 4 is 5.97 Å². The topological polar surface area (TPSA) is 72.6 Å². The fourth-order valence-corrected chi connectivity index (χ4v) is 1.99. The fourth-order valence-electron chi connectivity index (χ4n) is 1.99. The van der Waals surface area contributed by atoms with E-state index in [1.54, 1.807) is 0 Å². The normalized spacial score (nSPS) is 24.9. The maximum atomic E-state index is 10.9. The Morgan fingerprint density at radius 2 is 2.38 bits per heavy atom. The van der Waals surface area contributed by atoms with Crippen molar-refractivity contribution in [2.75, 3.05) is 6.61 Å². The molecule has 2 heterocycles. The van der Waals surface area contributed by atoms with E-state index >= 15 is 0 Å². The molecule has 0 radical (unpaired) electrons. The number of aromatic nitrogens is 1. The summed E-state index contributed by atoms with van der Waals surface area (Å²) < 4.78 is 10.7. The fraction of sp³-hybridized carbons (Fsp3) is 0.636. The molecule has 1 fully saturated rings. The second-order valence-electron chi connectivity index (χ2n) is 3.96. The van der Waals surface area contributed by atoms with Crippen molar-refractivity contribution in [3.05, 3.63) is 17.3 Å². The molecule has 1 aromatic rings. The number of oxazole rings is 1. The van der Waals surface area contributed by atoms with Crippen LogP contribution in [0.4, 0.5) is 0 Å². The largest absolute Gasteiger partial charge is 0.475 e. The number of nitrogens with zero attached hydrogens (tertiary/aromatic N) is 1. The minimum Gasteiger partial charge on any atom is -0.475 e. The SMILES string of the molecule is CCc1nc([C@H]2CCO[C@@H]2C)oc1C(=O)O. The molecule has 0 unspecified atom stereocenters. The molecule has 0 saturated carbocycles. The van der Waals surface area contributed by atoms with Crippen LogP contribution in [0.5, 0.6) is 0 Å². The first-order valence-electron chi connectivity index (χ1n) is 5.48. The predicted octanol–water partition coefficient (Wildman–Crippen LogP) is 1.83. The maximum absolute atomic E-state index is 10.9. The lowest BCUT2D eigenvalue weighted by Crippen LogP contribution is -2.09. The number of carbonyl (C=O) groups is 1. The Labute approximate surface area is 93.4 Å². The van der Waals surface area contributed by atoms with Crippen molar-refractivity contribution < 1.29 is 19.1 Å². The van der Waals surface area contributed by atoms with E-state index in [0.717, 1.165) is 6.42 Å². The van der Waals surface area contributed by atoms with Crippen LogP contribution in [-0.2, 0) is 11.2 Å². The van der Waals surface area contributed by atoms with Crippen LogP contribution in [0.2, 0.25) is 0 Å². The molecule has 1 aliphatic rings. The highest BCUT2D eigenvalue weighted by Gasteiger charge is 2.32. The number of aryl methyl sites for hydroxylation is 1. The van der Waals surface area contributed by atoms with Crippen molar-refractivity contribution in [3.63, 3.8) is 0 Å². The monoisotopic (exact) mass is 225 g/mol. The highest BCUT2D eigenvalue weighted by Crippen LogP contribution is 2.31. The number of carboxylic acid groups (broad SMARTS) is 1. The average molecular weight is 225 g/mol. The van der Waals surface area contributed by atoms with Gasteiger partial charge in [-0.05, 0) is 19.8 Å². The molecule has 1 saturated heterocycles. The van der Waals surface area contributed by atoms with Gasteiger partial charge in [0.1, 0.15) is 0 Å². The highest BCUT2D eigenvalue weighted by molar-refractivity contribution is 5.85. The van der Waals surface area contributed by atoms with Crippen LogP contribution in [0, 0.1) is 0 Å². The lowest BCUT2D eigenvalue weighted by atomic mass is 10.0. The molecule has 0 bridgehead atoms. The van der Waals surface area contributed by atoms with Gasteiger partial charge in [0.05, 0.1) is 17.7 Å². The van der Waals surface area contributed by atoms with Crippen LogP contribution in [0.15, 0.2) is 4.42 Å². The number of hydrogen-bond donors (Lipinski definition) is 1. The summed E-state index contributed by atoms with van der Waals surface area (Å²) in [6.07, 6.45) is 1.45. The van der Waals surface area contributed by atoms with Gasteiger partial charge in [0.2, 0.25) is 11.7 Å². The van der Waals surface area contributed by atoms with Gasteiger partial charge in [-0.2, -0.15) is 0 Å². The van der Waals surface area contributed by atoms with E-state index in [4.69, 9.17) is 14.3 Å². The molecule has 5 nitrogen and oxygen atoms in total. The maximum Gasteiger partial charge on any atom is 0.373 e. The van der Waals surface area contributed by atoms with Gasteiger partial charge in [0.15, 0.2) is 0 Å². The minimum atomic E-state index is -1.05. The number of rotatable bonds is 3. The van der Waals surface area contributed by atoms with E-state index in [-0.39, 0.29) is 17.8 Å². The van der Waals surface area contributed by atoms with Crippen LogP contribution in [0.1, 0.15) is 48.3 Å². The van der Waals surface area contributed by atoms with Gasteiger partial charge in [-0.15, -0.1) is 0 Å². The van der Waals surface area contributed by atoms with Gasteiger partial charge in [-0.3, -0.25) is 0 Å². The Kier molecular flexibility index (Phi) is 2.96. The Bertz CT molecular complexity index is 399. The summed E-state index contributed by atoms with van der Waals surface area (Å²) in [7, 11) is 0. The Hall–Kier alpha value is -1.36. The number of ether oxygens (including phenoxy) is 1. The summed E-state index contributed by atoms with van der Waals surface area (Å²) in [5.41, 5.74) is 0.515. The minimum absolute atomic E-state index is 0.0309. The van der Waals surface area contributed by atoms with Crippen molar-refractivity contribution in [2.45, 2.75) is 38.7 Å². The molecular weight excluding hydrogens is 210 g/mol. The zero-order chi connectivity index (χ0) is 11.7. The molecule has 0 aromatic carbocycles. The van der Waals surface area contributed by atoms with Crippen LogP contribution in [0.3, 0.4) is 0 Å². The van der Waals surface area contributed by atoms with Crippen molar-refractivity contribution in [2.24, 2.45) is 0 Å². The first kappa shape index (κ1) is 11.1. The van der Waals surface area contributed by atoms with E-state index < -0.39 is 5.97 Å². The number of hydrogen-bond acceptors (Lipinski definition) is 4. The van der Waals surface area contributed by atoms with E-state index in [1.165, 1.54) is 0 Å². The van der Waals surface area contributed by atoms with E-state index in [2.05, 4.69) is 4.98 Å². The third-order valence-electron chi connectivity index (χ3n) is 2.94. The second-order valence-corrected chi connectivity index (χ2v) is 3.96. The lowest BCUT2D eigenvalue weighted by Gasteiger charge is -2.08. The summed E-state index contributed by atoms with van der Waals surface area (Å²) in [5, 5.41) is 8.95.